The molecule has 1 heterocycles. The molecule has 1 aromatic carbocycles. The molecule has 4 nitrogen and oxygen atoms in total. The van der Waals surface area contributed by atoms with Crippen molar-refractivity contribution in [3.8, 4) is 0 Å². The van der Waals surface area contributed by atoms with Gasteiger partial charge < -0.3 is 4.90 Å². The van der Waals surface area contributed by atoms with Crippen LogP contribution in [0.2, 0.25) is 0 Å². The van der Waals surface area contributed by atoms with E-state index in [9.17, 15) is 9.59 Å². The Labute approximate surface area is 139 Å². The van der Waals surface area contributed by atoms with Crippen molar-refractivity contribution < 1.29 is 9.59 Å². The first-order chi connectivity index (χ1) is 11.2. The second-order valence-corrected chi connectivity index (χ2v) is 6.25. The van der Waals surface area contributed by atoms with Gasteiger partial charge in [0.25, 0.3) is 5.91 Å². The molecule has 23 heavy (non-hydrogen) atoms. The number of Topliss-reactive ketones (excluding diaryl/α,β-unsaturated/α-hetero) is 1. The van der Waals surface area contributed by atoms with Crippen LogP contribution in [0.3, 0.4) is 0 Å². The molecule has 1 amide bonds. The first-order valence-corrected chi connectivity index (χ1v) is 8.79. The number of carbonyl (C=O) groups is 2. The molecule has 0 N–H and O–H groups in total. The maximum Gasteiger partial charge on any atom is 0.253 e. The smallest absolute Gasteiger partial charge is 0.253 e. The predicted octanol–water partition coefficient (Wildman–Crippen LogP) is 2.98. The van der Waals surface area contributed by atoms with Gasteiger partial charge in [-0.1, -0.05) is 38.0 Å². The Kier molecular flexibility index (Phi) is 7.27. The van der Waals surface area contributed by atoms with Gasteiger partial charge in [-0.3, -0.25) is 14.5 Å². The fourth-order valence-electron chi connectivity index (χ4n) is 2.92. The average Bonchev–Trinajstić information content (AvgIpc) is 2.61. The van der Waals surface area contributed by atoms with E-state index in [0.717, 1.165) is 64.0 Å². The van der Waals surface area contributed by atoms with Crippen LogP contribution in [-0.4, -0.2) is 54.2 Å². The highest BCUT2D eigenvalue weighted by molar-refractivity contribution is 5.94. The molecule has 126 valence electrons. The number of amides is 1. The molecule has 1 saturated heterocycles. The topological polar surface area (TPSA) is 40.6 Å². The van der Waals surface area contributed by atoms with Crippen molar-refractivity contribution >= 4 is 11.7 Å². The lowest BCUT2D eigenvalue weighted by Crippen LogP contribution is -2.49. The van der Waals surface area contributed by atoms with Gasteiger partial charge in [0.1, 0.15) is 5.78 Å². The number of unbranched alkanes of at least 4 members (excludes halogenated alkanes) is 2. The number of piperazine rings is 1. The second-order valence-electron chi connectivity index (χ2n) is 6.25. The van der Waals surface area contributed by atoms with E-state index in [1.807, 2.05) is 35.2 Å². The van der Waals surface area contributed by atoms with Crippen LogP contribution in [0.25, 0.3) is 0 Å². The summed E-state index contributed by atoms with van der Waals surface area (Å²) in [5, 5.41) is 0. The highest BCUT2D eigenvalue weighted by atomic mass is 16.2. The van der Waals surface area contributed by atoms with Crippen LogP contribution >= 0.6 is 0 Å². The normalized spacial score (nSPS) is 15.6. The van der Waals surface area contributed by atoms with Gasteiger partial charge in [-0.25, -0.2) is 0 Å². The second kappa shape index (κ2) is 9.46. The van der Waals surface area contributed by atoms with Crippen molar-refractivity contribution in [3.63, 3.8) is 0 Å². The van der Waals surface area contributed by atoms with Crippen LogP contribution < -0.4 is 0 Å². The zero-order chi connectivity index (χ0) is 16.5. The van der Waals surface area contributed by atoms with Gasteiger partial charge in [-0.05, 0) is 18.6 Å². The standard InChI is InChI=1S/C19H28N2O2/c1-2-3-5-10-18(22)11-12-20-13-15-21(16-14-20)19(23)17-8-6-4-7-9-17/h4,6-9H,2-3,5,10-16H2,1H3. The zero-order valence-corrected chi connectivity index (χ0v) is 14.2. The molecule has 0 bridgehead atoms. The molecule has 0 unspecified atom stereocenters. The number of carbonyl (C=O) groups excluding carboxylic acids is 2. The third kappa shape index (κ3) is 5.79. The highest BCUT2D eigenvalue weighted by Gasteiger charge is 2.22. The Bertz CT molecular complexity index is 493. The Morgan fingerprint density at radius 3 is 2.30 bits per heavy atom. The third-order valence-corrected chi connectivity index (χ3v) is 4.45. The summed E-state index contributed by atoms with van der Waals surface area (Å²) in [6.07, 6.45) is 4.70. The minimum absolute atomic E-state index is 0.112. The molecule has 0 saturated carbocycles. The van der Waals surface area contributed by atoms with Gasteiger partial charge in [-0.15, -0.1) is 0 Å². The molecule has 1 aliphatic heterocycles. The average molecular weight is 316 g/mol. The van der Waals surface area contributed by atoms with Crippen molar-refractivity contribution in [1.29, 1.82) is 0 Å². The molecule has 1 aromatic rings. The van der Waals surface area contributed by atoms with Gasteiger partial charge >= 0.3 is 0 Å². The minimum atomic E-state index is 0.112. The van der Waals surface area contributed by atoms with E-state index < -0.39 is 0 Å². The Balaban J connectivity index is 1.68. The van der Waals surface area contributed by atoms with Gasteiger partial charge in [0.05, 0.1) is 0 Å². The Morgan fingerprint density at radius 1 is 0.957 bits per heavy atom. The molecule has 0 atom stereocenters. The van der Waals surface area contributed by atoms with E-state index >= 15 is 0 Å². The van der Waals surface area contributed by atoms with Gasteiger partial charge in [0.2, 0.25) is 0 Å². The summed E-state index contributed by atoms with van der Waals surface area (Å²) in [5.41, 5.74) is 0.757. The van der Waals surface area contributed by atoms with Crippen molar-refractivity contribution in [2.45, 2.75) is 39.0 Å². The van der Waals surface area contributed by atoms with E-state index in [4.69, 9.17) is 0 Å². The maximum absolute atomic E-state index is 12.4. The van der Waals surface area contributed by atoms with Crippen LogP contribution in [0.1, 0.15) is 49.4 Å². The van der Waals surface area contributed by atoms with E-state index in [1.54, 1.807) is 0 Å². The van der Waals surface area contributed by atoms with Crippen LogP contribution in [0.15, 0.2) is 30.3 Å². The molecule has 4 heteroatoms. The highest BCUT2D eigenvalue weighted by Crippen LogP contribution is 2.10. The van der Waals surface area contributed by atoms with Crippen molar-refractivity contribution in [2.24, 2.45) is 0 Å². The monoisotopic (exact) mass is 316 g/mol. The summed E-state index contributed by atoms with van der Waals surface area (Å²) >= 11 is 0. The van der Waals surface area contributed by atoms with Crippen molar-refractivity contribution in [2.75, 3.05) is 32.7 Å². The lowest BCUT2D eigenvalue weighted by molar-refractivity contribution is -0.119. The number of nitrogens with zero attached hydrogens (tertiary/aromatic N) is 2. The number of ketones is 1. The SMILES string of the molecule is CCCCCC(=O)CCN1CCN(C(=O)c2ccccc2)CC1. The molecule has 2 rings (SSSR count). The molecule has 0 aromatic heterocycles. The summed E-state index contributed by atoms with van der Waals surface area (Å²) in [6, 6.07) is 9.45. The first-order valence-electron chi connectivity index (χ1n) is 8.79. The summed E-state index contributed by atoms with van der Waals surface area (Å²) in [7, 11) is 0. The largest absolute Gasteiger partial charge is 0.336 e. The lowest BCUT2D eigenvalue weighted by Gasteiger charge is -2.34. The maximum atomic E-state index is 12.4. The van der Waals surface area contributed by atoms with Crippen molar-refractivity contribution in [1.82, 2.24) is 9.80 Å². The van der Waals surface area contributed by atoms with E-state index in [0.29, 0.717) is 12.2 Å². The Hall–Kier alpha value is -1.68. The number of hydrogen-bond acceptors (Lipinski definition) is 3. The van der Waals surface area contributed by atoms with Crippen LogP contribution in [0, 0.1) is 0 Å². The summed E-state index contributed by atoms with van der Waals surface area (Å²) in [5.74, 6) is 0.488. The fraction of sp³-hybridized carbons (Fsp3) is 0.579. The van der Waals surface area contributed by atoms with Crippen molar-refractivity contribution in [3.05, 3.63) is 35.9 Å². The molecule has 0 aliphatic carbocycles. The molecule has 1 fully saturated rings. The minimum Gasteiger partial charge on any atom is -0.336 e. The van der Waals surface area contributed by atoms with Crippen LogP contribution in [-0.2, 0) is 4.79 Å². The van der Waals surface area contributed by atoms with Crippen LogP contribution in [0.4, 0.5) is 0 Å². The van der Waals surface area contributed by atoms with Crippen LogP contribution in [0.5, 0.6) is 0 Å². The number of rotatable bonds is 8. The molecular formula is C19H28N2O2. The molecule has 0 spiro atoms. The van der Waals surface area contributed by atoms with Gasteiger partial charge in [0, 0.05) is 51.1 Å². The van der Waals surface area contributed by atoms with E-state index in [1.165, 1.54) is 0 Å². The third-order valence-electron chi connectivity index (χ3n) is 4.45. The molecule has 1 aliphatic rings. The molecule has 0 radical (unpaired) electrons. The summed E-state index contributed by atoms with van der Waals surface area (Å²) < 4.78 is 0. The number of hydrogen-bond donors (Lipinski definition) is 0. The number of benzene rings is 1. The Morgan fingerprint density at radius 2 is 1.65 bits per heavy atom. The van der Waals surface area contributed by atoms with E-state index in [-0.39, 0.29) is 5.91 Å². The molecular weight excluding hydrogens is 288 g/mol. The summed E-state index contributed by atoms with van der Waals surface area (Å²) in [4.78, 5) is 28.4. The quantitative estimate of drug-likeness (QED) is 0.692. The van der Waals surface area contributed by atoms with Gasteiger partial charge in [0.15, 0.2) is 0 Å². The predicted molar refractivity (Wildman–Crippen MR) is 92.6 cm³/mol. The lowest BCUT2D eigenvalue weighted by atomic mass is 10.1. The van der Waals surface area contributed by atoms with Gasteiger partial charge in [-0.2, -0.15) is 0 Å². The zero-order valence-electron chi connectivity index (χ0n) is 14.2. The first kappa shape index (κ1) is 17.7. The van der Waals surface area contributed by atoms with E-state index in [2.05, 4.69) is 11.8 Å². The summed E-state index contributed by atoms with van der Waals surface area (Å²) in [6.45, 7) is 6.20. The fourth-order valence-corrected chi connectivity index (χ4v) is 2.92.